The molecule has 0 aromatic heterocycles. The maximum absolute atomic E-state index is 11.0. The Balaban J connectivity index is 0.000000980. The van der Waals surface area contributed by atoms with Crippen LogP contribution in [0.4, 0.5) is 0 Å². The Kier molecular flexibility index (Phi) is 3.24. The molecular formula is C8H8NNaO4. The Hall–Kier alpha value is -0.520. The van der Waals surface area contributed by atoms with E-state index in [-0.39, 0.29) is 47.2 Å². The number of carbonyl (C=O) groups is 2. The molecule has 2 aliphatic rings. The molecule has 0 saturated carbocycles. The summed E-state index contributed by atoms with van der Waals surface area (Å²) in [4.78, 5) is 22.9. The Labute approximate surface area is 103 Å². The minimum atomic E-state index is -1.34. The second-order valence-electron chi connectivity index (χ2n) is 3.09. The van der Waals surface area contributed by atoms with Crippen LogP contribution in [0.15, 0.2) is 11.5 Å². The number of methoxy groups -OCH3 is 1. The third kappa shape index (κ3) is 1.45. The van der Waals surface area contributed by atoms with Gasteiger partial charge in [0.05, 0.1) is 19.1 Å². The average molecular weight is 205 g/mol. The summed E-state index contributed by atoms with van der Waals surface area (Å²) in [6.45, 7) is 0. The number of aliphatic carboxylic acids is 1. The number of ether oxygens (including phenoxy) is 1. The summed E-state index contributed by atoms with van der Waals surface area (Å²) in [5.74, 6) is -1.17. The number of fused-ring (bicyclic) bond motifs is 1. The zero-order chi connectivity index (χ0) is 9.59. The summed E-state index contributed by atoms with van der Waals surface area (Å²) in [6.07, 6.45) is 0.898. The molecule has 6 heteroatoms. The van der Waals surface area contributed by atoms with Gasteiger partial charge in [-0.2, -0.15) is 0 Å². The van der Waals surface area contributed by atoms with Gasteiger partial charge in [0.2, 0.25) is 5.91 Å². The van der Waals surface area contributed by atoms with Crippen molar-refractivity contribution < 1.29 is 49.0 Å². The minimum absolute atomic E-state index is 0. The van der Waals surface area contributed by atoms with E-state index in [4.69, 9.17) is 4.74 Å². The van der Waals surface area contributed by atoms with Crippen LogP contribution in [0.2, 0.25) is 0 Å². The van der Waals surface area contributed by atoms with Gasteiger partial charge in [-0.15, -0.1) is 0 Å². The summed E-state index contributed by atoms with van der Waals surface area (Å²) in [5, 5.41) is 10.7. The first-order valence-corrected chi connectivity index (χ1v) is 3.95. The van der Waals surface area contributed by atoms with Gasteiger partial charge in [-0.05, 0) is 0 Å². The van der Waals surface area contributed by atoms with Gasteiger partial charge in [-0.3, -0.25) is 4.79 Å². The van der Waals surface area contributed by atoms with Crippen molar-refractivity contribution in [3.63, 3.8) is 0 Å². The third-order valence-electron chi connectivity index (χ3n) is 2.41. The number of hydrogen-bond donors (Lipinski definition) is 0. The molecule has 1 saturated heterocycles. The van der Waals surface area contributed by atoms with Crippen molar-refractivity contribution in [1.82, 2.24) is 4.90 Å². The number of β-lactam (4-membered cyclic amide) rings is 1. The van der Waals surface area contributed by atoms with Crippen molar-refractivity contribution >= 4 is 11.9 Å². The normalized spacial score (nSPS) is 23.9. The second-order valence-corrected chi connectivity index (χ2v) is 3.09. The predicted octanol–water partition coefficient (Wildman–Crippen LogP) is -4.40. The van der Waals surface area contributed by atoms with E-state index in [0.29, 0.717) is 18.6 Å². The molecular weight excluding hydrogens is 197 g/mol. The van der Waals surface area contributed by atoms with Crippen LogP contribution in [0.25, 0.3) is 0 Å². The van der Waals surface area contributed by atoms with Crippen LogP contribution in [-0.4, -0.2) is 29.9 Å². The molecule has 1 amide bonds. The van der Waals surface area contributed by atoms with Crippen LogP contribution in [0, 0.1) is 0 Å². The van der Waals surface area contributed by atoms with E-state index in [1.54, 1.807) is 0 Å². The zero-order valence-electron chi connectivity index (χ0n) is 8.07. The zero-order valence-corrected chi connectivity index (χ0v) is 10.1. The van der Waals surface area contributed by atoms with Crippen molar-refractivity contribution in [3.8, 4) is 0 Å². The Morgan fingerprint density at radius 3 is 2.64 bits per heavy atom. The van der Waals surface area contributed by atoms with Gasteiger partial charge in [0.25, 0.3) is 0 Å². The molecule has 2 rings (SSSR count). The van der Waals surface area contributed by atoms with Gasteiger partial charge in [0.15, 0.2) is 0 Å². The van der Waals surface area contributed by atoms with E-state index < -0.39 is 5.97 Å². The van der Waals surface area contributed by atoms with E-state index >= 15 is 0 Å². The summed E-state index contributed by atoms with van der Waals surface area (Å²) < 4.78 is 4.88. The van der Waals surface area contributed by atoms with Gasteiger partial charge >= 0.3 is 29.6 Å². The Morgan fingerprint density at radius 1 is 1.57 bits per heavy atom. The number of carbonyl (C=O) groups excluding carboxylic acids is 2. The van der Waals surface area contributed by atoms with Gasteiger partial charge in [-0.25, -0.2) is 0 Å². The van der Waals surface area contributed by atoms with Crippen LogP contribution in [0.5, 0.6) is 0 Å². The Morgan fingerprint density at radius 2 is 2.21 bits per heavy atom. The molecule has 0 spiro atoms. The molecule has 0 aromatic rings. The van der Waals surface area contributed by atoms with Crippen molar-refractivity contribution in [2.45, 2.75) is 18.9 Å². The smallest absolute Gasteiger partial charge is 0.543 e. The largest absolute Gasteiger partial charge is 1.00 e. The van der Waals surface area contributed by atoms with Gasteiger partial charge in [0.1, 0.15) is 11.5 Å². The van der Waals surface area contributed by atoms with E-state index in [0.717, 1.165) is 0 Å². The maximum atomic E-state index is 11.0. The van der Waals surface area contributed by atoms with Crippen LogP contribution < -0.4 is 34.7 Å². The average Bonchev–Trinajstić information content (AvgIpc) is 2.37. The Bertz CT molecular complexity index is 325. The van der Waals surface area contributed by atoms with Crippen LogP contribution >= 0.6 is 0 Å². The molecule has 14 heavy (non-hydrogen) atoms. The number of hydrogen-bond acceptors (Lipinski definition) is 4. The third-order valence-corrected chi connectivity index (χ3v) is 2.41. The van der Waals surface area contributed by atoms with E-state index in [1.807, 2.05) is 0 Å². The molecule has 0 N–H and O–H groups in total. The number of rotatable bonds is 2. The molecule has 5 nitrogen and oxygen atoms in total. The molecule has 1 fully saturated rings. The minimum Gasteiger partial charge on any atom is -0.543 e. The number of carboxylic acids is 1. The number of carboxylic acid groups (broad SMARTS) is 1. The molecule has 0 aliphatic carbocycles. The molecule has 2 aliphatic heterocycles. The first-order valence-electron chi connectivity index (χ1n) is 3.95. The standard InChI is InChI=1S/C8H9NO4.Na/c1-13-5-2-4-3-6(10)9(4)7(5)8(11)12;/h4H,2-3H2,1H3,(H,11,12);/q;+1/p-1. The second kappa shape index (κ2) is 3.92. The van der Waals surface area contributed by atoms with Crippen molar-refractivity contribution in [2.24, 2.45) is 0 Å². The van der Waals surface area contributed by atoms with Crippen molar-refractivity contribution in [2.75, 3.05) is 7.11 Å². The van der Waals surface area contributed by atoms with E-state index in [9.17, 15) is 14.7 Å². The van der Waals surface area contributed by atoms with Crippen LogP contribution in [0.1, 0.15) is 12.8 Å². The van der Waals surface area contributed by atoms with Crippen LogP contribution in [-0.2, 0) is 14.3 Å². The monoisotopic (exact) mass is 205 g/mol. The first-order chi connectivity index (χ1) is 6.15. The quantitative estimate of drug-likeness (QED) is 0.337. The maximum Gasteiger partial charge on any atom is 1.00 e. The summed E-state index contributed by atoms with van der Waals surface area (Å²) in [7, 11) is 1.40. The van der Waals surface area contributed by atoms with Crippen LogP contribution in [0.3, 0.4) is 0 Å². The molecule has 70 valence electrons. The van der Waals surface area contributed by atoms with Gasteiger partial charge in [-0.1, -0.05) is 0 Å². The first kappa shape index (κ1) is 11.6. The fourth-order valence-electron chi connectivity index (χ4n) is 1.79. The summed E-state index contributed by atoms with van der Waals surface area (Å²) in [6, 6.07) is -0.0182. The molecule has 1 atom stereocenters. The van der Waals surface area contributed by atoms with E-state index in [2.05, 4.69) is 0 Å². The number of amides is 1. The number of nitrogens with zero attached hydrogens (tertiary/aromatic N) is 1. The van der Waals surface area contributed by atoms with Gasteiger partial charge < -0.3 is 19.5 Å². The van der Waals surface area contributed by atoms with Gasteiger partial charge in [0, 0.05) is 12.8 Å². The molecule has 0 aromatic carbocycles. The molecule has 1 unspecified atom stereocenters. The fraction of sp³-hybridized carbons (Fsp3) is 0.500. The van der Waals surface area contributed by atoms with Crippen molar-refractivity contribution in [3.05, 3.63) is 11.5 Å². The SMILES string of the molecule is COC1=C(C(=O)[O-])N2C(=O)CC2C1.[Na+]. The molecule has 2 heterocycles. The topological polar surface area (TPSA) is 69.7 Å². The van der Waals surface area contributed by atoms with Crippen molar-refractivity contribution in [1.29, 1.82) is 0 Å². The summed E-state index contributed by atoms with van der Waals surface area (Å²) >= 11 is 0. The molecule has 0 radical (unpaired) electrons. The predicted molar refractivity (Wildman–Crippen MR) is 38.9 cm³/mol. The van der Waals surface area contributed by atoms with E-state index in [1.165, 1.54) is 12.0 Å². The molecule has 0 bridgehead atoms. The fourth-order valence-corrected chi connectivity index (χ4v) is 1.79. The summed E-state index contributed by atoms with van der Waals surface area (Å²) in [5.41, 5.74) is -0.0937.